The molecule has 0 aliphatic carbocycles. The molecule has 0 saturated carbocycles. The highest BCUT2D eigenvalue weighted by Gasteiger charge is 2.14. The first-order valence-electron chi connectivity index (χ1n) is 9.64. The maximum absolute atomic E-state index is 4.76. The maximum Gasteiger partial charge on any atom is 0.0963 e. The third-order valence-corrected chi connectivity index (χ3v) is 4.91. The van der Waals surface area contributed by atoms with Gasteiger partial charge >= 0.3 is 0 Å². The molecule has 1 heterocycles. The molecule has 2 aromatic carbocycles. The molecule has 0 radical (unpaired) electrons. The molecule has 0 fully saturated rings. The van der Waals surface area contributed by atoms with E-state index in [0.717, 1.165) is 18.8 Å². The molecular formula is C23H29N3. The Balaban J connectivity index is 1.77. The number of aromatic nitrogens is 2. The van der Waals surface area contributed by atoms with Crippen LogP contribution in [0.15, 0.2) is 67.0 Å². The van der Waals surface area contributed by atoms with E-state index in [1.54, 1.807) is 0 Å². The fraction of sp³-hybridized carbons (Fsp3) is 0.348. The quantitative estimate of drug-likeness (QED) is 0.487. The van der Waals surface area contributed by atoms with E-state index >= 15 is 0 Å². The highest BCUT2D eigenvalue weighted by molar-refractivity contribution is 5.78. The lowest BCUT2D eigenvalue weighted by Gasteiger charge is -2.14. The van der Waals surface area contributed by atoms with Gasteiger partial charge in [0, 0.05) is 17.7 Å². The largest absolute Gasteiger partial charge is 0.330 e. The van der Waals surface area contributed by atoms with Crippen molar-refractivity contribution >= 4 is 0 Å². The Morgan fingerprint density at radius 2 is 1.50 bits per heavy atom. The minimum absolute atomic E-state index is 1.01. The summed E-state index contributed by atoms with van der Waals surface area (Å²) < 4.78 is 2.32. The molecule has 0 amide bonds. The number of hydrogen-bond acceptors (Lipinski definition) is 2. The lowest BCUT2D eigenvalue weighted by Crippen LogP contribution is -2.18. The van der Waals surface area contributed by atoms with E-state index in [0.29, 0.717) is 0 Å². The molecule has 0 aliphatic rings. The fourth-order valence-electron chi connectivity index (χ4n) is 3.26. The van der Waals surface area contributed by atoms with E-state index in [4.69, 9.17) is 4.98 Å². The van der Waals surface area contributed by atoms with Gasteiger partial charge < -0.3 is 9.47 Å². The van der Waals surface area contributed by atoms with Gasteiger partial charge in [0.2, 0.25) is 0 Å². The molecule has 0 N–H and O–H groups in total. The first kappa shape index (κ1) is 18.4. The highest BCUT2D eigenvalue weighted by atomic mass is 15.1. The van der Waals surface area contributed by atoms with Crippen LogP contribution in [0.4, 0.5) is 0 Å². The predicted molar refractivity (Wildman–Crippen MR) is 110 cm³/mol. The first-order valence-corrected chi connectivity index (χ1v) is 9.64. The number of nitrogens with zero attached hydrogens (tertiary/aromatic N) is 3. The van der Waals surface area contributed by atoms with Crippen molar-refractivity contribution in [3.05, 3.63) is 67.0 Å². The zero-order valence-electron chi connectivity index (χ0n) is 15.9. The second-order valence-corrected chi connectivity index (χ2v) is 6.82. The van der Waals surface area contributed by atoms with Crippen LogP contribution in [-0.2, 0) is 6.54 Å². The molecule has 0 atom stereocenters. The Bertz CT molecular complexity index is 778. The summed E-state index contributed by atoms with van der Waals surface area (Å²) in [7, 11) is 2.19. The Morgan fingerprint density at radius 1 is 0.846 bits per heavy atom. The minimum atomic E-state index is 1.01. The van der Waals surface area contributed by atoms with Crippen LogP contribution in [0, 0.1) is 0 Å². The van der Waals surface area contributed by atoms with Crippen LogP contribution in [-0.4, -0.2) is 34.6 Å². The molecule has 1 aromatic heterocycles. The number of hydrogen-bond donors (Lipinski definition) is 0. The van der Waals surface area contributed by atoms with Crippen LogP contribution in [0.1, 0.15) is 26.2 Å². The van der Waals surface area contributed by atoms with Gasteiger partial charge in [0.1, 0.15) is 0 Å². The van der Waals surface area contributed by atoms with Crippen LogP contribution in [0.2, 0.25) is 0 Å². The molecule has 3 nitrogen and oxygen atoms in total. The molecule has 26 heavy (non-hydrogen) atoms. The first-order chi connectivity index (χ1) is 12.8. The topological polar surface area (TPSA) is 21.1 Å². The average molecular weight is 348 g/mol. The van der Waals surface area contributed by atoms with Gasteiger partial charge in [-0.05, 0) is 33.0 Å². The highest BCUT2D eigenvalue weighted by Crippen LogP contribution is 2.31. The summed E-state index contributed by atoms with van der Waals surface area (Å²) in [6, 6.07) is 21.1. The molecule has 3 aromatic rings. The van der Waals surface area contributed by atoms with Gasteiger partial charge in [0.25, 0.3) is 0 Å². The Morgan fingerprint density at radius 3 is 2.15 bits per heavy atom. The van der Waals surface area contributed by atoms with Gasteiger partial charge in [-0.15, -0.1) is 0 Å². The molecule has 0 aliphatic heterocycles. The van der Waals surface area contributed by atoms with Crippen molar-refractivity contribution in [2.24, 2.45) is 0 Å². The van der Waals surface area contributed by atoms with Crippen molar-refractivity contribution in [2.75, 3.05) is 20.1 Å². The number of unbranched alkanes of at least 4 members (excludes halogenated alkanes) is 2. The lowest BCUT2D eigenvalue weighted by molar-refractivity contribution is 0.340. The second-order valence-electron chi connectivity index (χ2n) is 6.82. The molecule has 0 unspecified atom stereocenters. The van der Waals surface area contributed by atoms with Crippen LogP contribution in [0.5, 0.6) is 0 Å². The fourth-order valence-corrected chi connectivity index (χ4v) is 3.26. The van der Waals surface area contributed by atoms with Gasteiger partial charge in [-0.25, -0.2) is 4.98 Å². The predicted octanol–water partition coefficient (Wildman–Crippen LogP) is 5.34. The van der Waals surface area contributed by atoms with Gasteiger partial charge in [-0.3, -0.25) is 0 Å². The smallest absolute Gasteiger partial charge is 0.0963 e. The summed E-state index contributed by atoms with van der Waals surface area (Å²) in [4.78, 5) is 7.13. The Labute approximate surface area is 157 Å². The lowest BCUT2D eigenvalue weighted by atomic mass is 10.0. The standard InChI is InChI=1S/C23H29N3/c1-3-25(2)17-11-6-12-18-26-19-24-22(20-13-7-4-8-14-20)23(26)21-15-9-5-10-16-21/h4-5,7-10,13-16,19H,3,6,11-12,17-18H2,1-2H3. The summed E-state index contributed by atoms with van der Waals surface area (Å²) in [5.41, 5.74) is 4.70. The average Bonchev–Trinajstić information content (AvgIpc) is 3.12. The van der Waals surface area contributed by atoms with Gasteiger partial charge in [0.15, 0.2) is 0 Å². The third kappa shape index (κ3) is 4.61. The molecule has 3 rings (SSSR count). The van der Waals surface area contributed by atoms with E-state index in [2.05, 4.69) is 84.1 Å². The Hall–Kier alpha value is -2.39. The summed E-state index contributed by atoms with van der Waals surface area (Å²) >= 11 is 0. The molecule has 136 valence electrons. The number of aryl methyl sites for hydroxylation is 1. The number of rotatable bonds is 9. The van der Waals surface area contributed by atoms with E-state index in [9.17, 15) is 0 Å². The SMILES string of the molecule is CCN(C)CCCCCn1cnc(-c2ccccc2)c1-c1ccccc1. The summed E-state index contributed by atoms with van der Waals surface area (Å²) in [5, 5.41) is 0. The zero-order chi connectivity index (χ0) is 18.2. The van der Waals surface area contributed by atoms with Gasteiger partial charge in [0.05, 0.1) is 17.7 Å². The molecular weight excluding hydrogens is 318 g/mol. The van der Waals surface area contributed by atoms with E-state index in [1.807, 2.05) is 6.33 Å². The third-order valence-electron chi connectivity index (χ3n) is 4.91. The summed E-state index contributed by atoms with van der Waals surface area (Å²) in [6.45, 7) is 5.53. The normalized spacial score (nSPS) is 11.2. The van der Waals surface area contributed by atoms with Crippen LogP contribution in [0.3, 0.4) is 0 Å². The molecule has 3 heteroatoms. The van der Waals surface area contributed by atoms with Gasteiger partial charge in [-0.2, -0.15) is 0 Å². The minimum Gasteiger partial charge on any atom is -0.330 e. The zero-order valence-corrected chi connectivity index (χ0v) is 15.9. The van der Waals surface area contributed by atoms with Crippen molar-refractivity contribution < 1.29 is 0 Å². The Kier molecular flexibility index (Phi) is 6.62. The summed E-state index contributed by atoms with van der Waals surface area (Å²) in [5.74, 6) is 0. The van der Waals surface area contributed by atoms with Crippen LogP contribution < -0.4 is 0 Å². The van der Waals surface area contributed by atoms with Crippen molar-refractivity contribution in [1.82, 2.24) is 14.5 Å². The molecule has 0 saturated heterocycles. The molecule has 0 bridgehead atoms. The van der Waals surface area contributed by atoms with E-state index in [-0.39, 0.29) is 0 Å². The summed E-state index contributed by atoms with van der Waals surface area (Å²) in [6.07, 6.45) is 5.69. The van der Waals surface area contributed by atoms with Crippen LogP contribution >= 0.6 is 0 Å². The van der Waals surface area contributed by atoms with Crippen molar-refractivity contribution in [3.8, 4) is 22.5 Å². The second kappa shape index (κ2) is 9.35. The van der Waals surface area contributed by atoms with Crippen molar-refractivity contribution in [1.29, 1.82) is 0 Å². The van der Waals surface area contributed by atoms with Crippen LogP contribution in [0.25, 0.3) is 22.5 Å². The monoisotopic (exact) mass is 347 g/mol. The number of benzene rings is 2. The van der Waals surface area contributed by atoms with Gasteiger partial charge in [-0.1, -0.05) is 74.0 Å². The van der Waals surface area contributed by atoms with Crippen molar-refractivity contribution in [3.63, 3.8) is 0 Å². The maximum atomic E-state index is 4.76. The van der Waals surface area contributed by atoms with E-state index < -0.39 is 0 Å². The number of imidazole rings is 1. The van der Waals surface area contributed by atoms with Crippen molar-refractivity contribution in [2.45, 2.75) is 32.7 Å². The molecule has 0 spiro atoms. The van der Waals surface area contributed by atoms with E-state index in [1.165, 1.54) is 42.6 Å².